The van der Waals surface area contributed by atoms with Crippen molar-refractivity contribution in [3.63, 3.8) is 0 Å². The number of ketones is 1. The number of Topliss-reactive ketones (excluding diaryl/α,β-unsaturated/α-hetero) is 1. The zero-order chi connectivity index (χ0) is 22.7. The van der Waals surface area contributed by atoms with Crippen LogP contribution in [0.5, 0.6) is 11.5 Å². The van der Waals surface area contributed by atoms with Gasteiger partial charge in [-0.1, -0.05) is 12.2 Å². The highest BCUT2D eigenvalue weighted by atomic mass is 16.5. The minimum atomic E-state index is -1.62. The van der Waals surface area contributed by atoms with Crippen molar-refractivity contribution >= 4 is 11.8 Å². The lowest BCUT2D eigenvalue weighted by molar-refractivity contribution is -0.140. The van der Waals surface area contributed by atoms with Crippen molar-refractivity contribution < 1.29 is 34.0 Å². The molecule has 1 aliphatic rings. The molecule has 7 heteroatoms. The maximum Gasteiger partial charge on any atom is 0.305 e. The summed E-state index contributed by atoms with van der Waals surface area (Å²) < 4.78 is 15.3. The predicted molar refractivity (Wildman–Crippen MR) is 115 cm³/mol. The summed E-state index contributed by atoms with van der Waals surface area (Å²) in [7, 11) is 2.93. The van der Waals surface area contributed by atoms with Gasteiger partial charge < -0.3 is 24.4 Å². The number of benzene rings is 1. The average molecular weight is 430 g/mol. The predicted octanol–water partition coefficient (Wildman–Crippen LogP) is 2.76. The second kappa shape index (κ2) is 12.1. The van der Waals surface area contributed by atoms with Crippen LogP contribution in [0.2, 0.25) is 0 Å². The Balaban J connectivity index is 1.87. The Kier molecular flexibility index (Phi) is 9.53. The molecule has 1 aromatic rings. The van der Waals surface area contributed by atoms with E-state index in [0.717, 1.165) is 5.75 Å². The minimum absolute atomic E-state index is 0.0895. The number of ether oxygens (including phenoxy) is 3. The summed E-state index contributed by atoms with van der Waals surface area (Å²) in [6.45, 7) is 0.385. The normalized spacial score (nSPS) is 22.8. The molecule has 1 aromatic carbocycles. The van der Waals surface area contributed by atoms with Crippen molar-refractivity contribution in [1.82, 2.24) is 0 Å². The number of hydrogen-bond donors (Lipinski definition) is 2. The molecule has 2 rings (SSSR count). The smallest absolute Gasteiger partial charge is 0.305 e. The lowest BCUT2D eigenvalue weighted by atomic mass is 9.86. The molecule has 0 aliphatic heterocycles. The number of allylic oxidation sites excluding steroid dienone is 1. The molecule has 31 heavy (non-hydrogen) atoms. The number of methoxy groups -OCH3 is 2. The number of aliphatic hydroxyl groups is 2. The van der Waals surface area contributed by atoms with Gasteiger partial charge in [-0.05, 0) is 55.7 Å². The van der Waals surface area contributed by atoms with Crippen molar-refractivity contribution in [2.75, 3.05) is 20.8 Å². The van der Waals surface area contributed by atoms with Crippen LogP contribution in [0.25, 0.3) is 0 Å². The molecule has 0 radical (unpaired) electrons. The van der Waals surface area contributed by atoms with E-state index in [1.165, 1.54) is 13.2 Å². The third-order valence-electron chi connectivity index (χ3n) is 5.18. The Morgan fingerprint density at radius 3 is 2.58 bits per heavy atom. The first-order valence-corrected chi connectivity index (χ1v) is 10.2. The van der Waals surface area contributed by atoms with Gasteiger partial charge in [0.15, 0.2) is 0 Å². The summed E-state index contributed by atoms with van der Waals surface area (Å²) in [4.78, 5) is 23.3. The summed E-state index contributed by atoms with van der Waals surface area (Å²) in [6.07, 6.45) is 6.77. The number of aliphatic hydroxyl groups excluding tert-OH is 1. The van der Waals surface area contributed by atoms with E-state index in [-0.39, 0.29) is 31.0 Å². The fraction of sp³-hybridized carbons (Fsp3) is 0.458. The summed E-state index contributed by atoms with van der Waals surface area (Å²) in [5.41, 5.74) is 1.29. The largest absolute Gasteiger partial charge is 0.497 e. The summed E-state index contributed by atoms with van der Waals surface area (Å²) in [6, 6.07) is 7.21. The lowest BCUT2D eigenvalue weighted by Gasteiger charge is -2.28. The van der Waals surface area contributed by atoms with Gasteiger partial charge in [0, 0.05) is 12.8 Å². The first kappa shape index (κ1) is 24.4. The standard InChI is InChI=1S/C24H30O7/c1-29-18-11-13-19(14-12-18)31-16-8-7-15-24(28)20(21(25)17-22(24)26)9-5-3-4-6-10-23(27)30-2/h4-5,7,11-15,20,22,26,28H,6,8-10,16-17H2,1-2H3/b15-7+/t3?,20-,22+,24-/m0/s1. The Labute approximate surface area is 182 Å². The van der Waals surface area contributed by atoms with Gasteiger partial charge in [-0.2, -0.15) is 0 Å². The Morgan fingerprint density at radius 2 is 1.90 bits per heavy atom. The number of carbonyl (C=O) groups excluding carboxylic acids is 2. The molecule has 0 bridgehead atoms. The van der Waals surface area contributed by atoms with E-state index in [0.29, 0.717) is 25.2 Å². The molecular formula is C24H30O7. The second-order valence-electron chi connectivity index (χ2n) is 7.27. The van der Waals surface area contributed by atoms with Crippen molar-refractivity contribution in [2.45, 2.75) is 43.8 Å². The van der Waals surface area contributed by atoms with Crippen LogP contribution in [0.4, 0.5) is 0 Å². The average Bonchev–Trinajstić information content (AvgIpc) is 2.98. The third kappa shape index (κ3) is 7.10. The molecule has 168 valence electrons. The van der Waals surface area contributed by atoms with Gasteiger partial charge >= 0.3 is 5.97 Å². The van der Waals surface area contributed by atoms with Crippen LogP contribution >= 0.6 is 0 Å². The van der Waals surface area contributed by atoms with Crippen LogP contribution in [0.1, 0.15) is 32.1 Å². The fourth-order valence-electron chi connectivity index (χ4n) is 3.37. The molecule has 0 unspecified atom stereocenters. The van der Waals surface area contributed by atoms with Crippen LogP contribution in [-0.2, 0) is 14.3 Å². The van der Waals surface area contributed by atoms with E-state index < -0.39 is 17.6 Å². The van der Waals surface area contributed by atoms with Crippen LogP contribution in [0.15, 0.2) is 54.3 Å². The quantitative estimate of drug-likeness (QED) is 0.241. The van der Waals surface area contributed by atoms with Crippen LogP contribution in [0.3, 0.4) is 0 Å². The monoisotopic (exact) mass is 430 g/mol. The van der Waals surface area contributed by atoms with Gasteiger partial charge in [-0.15, -0.1) is 5.73 Å². The number of esters is 1. The topological polar surface area (TPSA) is 102 Å². The van der Waals surface area contributed by atoms with Crippen LogP contribution in [-0.4, -0.2) is 54.5 Å². The first-order valence-electron chi connectivity index (χ1n) is 10.2. The van der Waals surface area contributed by atoms with Crippen LogP contribution in [0, 0.1) is 5.92 Å². The van der Waals surface area contributed by atoms with E-state index >= 15 is 0 Å². The first-order chi connectivity index (χ1) is 14.9. The molecule has 2 N–H and O–H groups in total. The molecular weight excluding hydrogens is 400 g/mol. The fourth-order valence-corrected chi connectivity index (χ4v) is 3.37. The molecule has 0 amide bonds. The molecule has 0 heterocycles. The molecule has 0 spiro atoms. The highest BCUT2D eigenvalue weighted by Crippen LogP contribution is 2.37. The second-order valence-corrected chi connectivity index (χ2v) is 7.27. The number of carbonyl (C=O) groups is 2. The van der Waals surface area contributed by atoms with Gasteiger partial charge in [0.2, 0.25) is 0 Å². The van der Waals surface area contributed by atoms with Gasteiger partial charge in [-0.25, -0.2) is 0 Å². The van der Waals surface area contributed by atoms with E-state index in [1.54, 1.807) is 49.6 Å². The van der Waals surface area contributed by atoms with E-state index in [2.05, 4.69) is 10.5 Å². The molecule has 1 aliphatic carbocycles. The number of hydrogen-bond acceptors (Lipinski definition) is 7. The van der Waals surface area contributed by atoms with Gasteiger partial charge in [0.1, 0.15) is 22.9 Å². The maximum atomic E-state index is 12.3. The van der Waals surface area contributed by atoms with Gasteiger partial charge in [0.05, 0.1) is 32.8 Å². The summed E-state index contributed by atoms with van der Waals surface area (Å²) >= 11 is 0. The van der Waals surface area contributed by atoms with Gasteiger partial charge in [0.25, 0.3) is 0 Å². The zero-order valence-electron chi connectivity index (χ0n) is 18.0. The third-order valence-corrected chi connectivity index (χ3v) is 5.18. The van der Waals surface area contributed by atoms with Crippen LogP contribution < -0.4 is 9.47 Å². The van der Waals surface area contributed by atoms with Crippen molar-refractivity contribution in [3.8, 4) is 11.5 Å². The Bertz CT molecular complexity index is 821. The molecule has 0 aromatic heterocycles. The van der Waals surface area contributed by atoms with Crippen molar-refractivity contribution in [3.05, 3.63) is 54.3 Å². The maximum absolute atomic E-state index is 12.3. The van der Waals surface area contributed by atoms with E-state index in [9.17, 15) is 19.8 Å². The van der Waals surface area contributed by atoms with Crippen molar-refractivity contribution in [1.29, 1.82) is 0 Å². The van der Waals surface area contributed by atoms with E-state index in [4.69, 9.17) is 9.47 Å². The zero-order valence-corrected chi connectivity index (χ0v) is 18.0. The molecule has 1 fully saturated rings. The molecule has 7 nitrogen and oxygen atoms in total. The summed E-state index contributed by atoms with van der Waals surface area (Å²) in [5.74, 6) is 0.200. The highest BCUT2D eigenvalue weighted by Gasteiger charge is 2.51. The Morgan fingerprint density at radius 1 is 1.19 bits per heavy atom. The SMILES string of the molecule is COC(=O)CCC=C=CC[C@H]1C(=O)C[C@@H](O)[C@]1(O)/C=C/CCOc1ccc(OC)cc1. The molecule has 0 saturated heterocycles. The number of rotatable bonds is 11. The minimum Gasteiger partial charge on any atom is -0.497 e. The Hall–Kier alpha value is -2.86. The summed E-state index contributed by atoms with van der Waals surface area (Å²) in [5, 5.41) is 21.2. The lowest BCUT2D eigenvalue weighted by Crippen LogP contribution is -2.41. The van der Waals surface area contributed by atoms with E-state index in [1.807, 2.05) is 0 Å². The highest BCUT2D eigenvalue weighted by molar-refractivity contribution is 5.86. The van der Waals surface area contributed by atoms with Gasteiger partial charge in [-0.3, -0.25) is 9.59 Å². The van der Waals surface area contributed by atoms with Crippen molar-refractivity contribution in [2.24, 2.45) is 5.92 Å². The molecule has 1 saturated carbocycles. The molecule has 3 atom stereocenters.